The van der Waals surface area contributed by atoms with Crippen molar-refractivity contribution in [3.8, 4) is 0 Å². The molecule has 132 valence electrons. The van der Waals surface area contributed by atoms with Crippen LogP contribution in [0.4, 0.5) is 4.79 Å². The van der Waals surface area contributed by atoms with E-state index in [1.54, 1.807) is 12.7 Å². The lowest BCUT2D eigenvalue weighted by Gasteiger charge is -2.34. The van der Waals surface area contributed by atoms with Crippen LogP contribution in [-0.4, -0.2) is 81.7 Å². The molecule has 0 bridgehead atoms. The van der Waals surface area contributed by atoms with Crippen LogP contribution in [0.1, 0.15) is 19.8 Å². The topological polar surface area (TPSA) is 87.9 Å². The molecule has 1 aromatic heterocycles. The molecule has 2 amide bonds. The first-order valence-corrected chi connectivity index (χ1v) is 8.53. The van der Waals surface area contributed by atoms with E-state index in [9.17, 15) is 4.79 Å². The third-order valence-corrected chi connectivity index (χ3v) is 4.45. The second-order valence-corrected chi connectivity index (χ2v) is 6.12. The lowest BCUT2D eigenvalue weighted by molar-refractivity contribution is 0.0827. The second-order valence-electron chi connectivity index (χ2n) is 6.12. The molecule has 0 spiro atoms. The highest BCUT2D eigenvalue weighted by Crippen LogP contribution is 2.11. The van der Waals surface area contributed by atoms with Crippen molar-refractivity contribution in [1.29, 1.82) is 0 Å². The van der Waals surface area contributed by atoms with Crippen LogP contribution in [0.5, 0.6) is 0 Å². The molecule has 3 heterocycles. The maximum atomic E-state index is 12.2. The number of rotatable bonds is 6. The summed E-state index contributed by atoms with van der Waals surface area (Å²) in [5, 5.41) is 11.1. The first-order valence-electron chi connectivity index (χ1n) is 8.53. The van der Waals surface area contributed by atoms with Gasteiger partial charge >= 0.3 is 6.03 Å². The van der Waals surface area contributed by atoms with Crippen molar-refractivity contribution in [2.75, 3.05) is 39.3 Å². The van der Waals surface area contributed by atoms with E-state index in [2.05, 4.69) is 32.4 Å². The van der Waals surface area contributed by atoms with Gasteiger partial charge in [-0.25, -0.2) is 9.78 Å². The molecule has 0 aromatic carbocycles. The number of amides is 2. The van der Waals surface area contributed by atoms with Crippen molar-refractivity contribution < 1.29 is 9.63 Å². The quantitative estimate of drug-likeness (QED) is 0.800. The fourth-order valence-electron chi connectivity index (χ4n) is 2.88. The molecule has 1 aromatic rings. The van der Waals surface area contributed by atoms with E-state index in [0.717, 1.165) is 57.8 Å². The number of carbonyl (C=O) groups is 1. The van der Waals surface area contributed by atoms with Crippen molar-refractivity contribution in [3.05, 3.63) is 12.7 Å². The Morgan fingerprint density at radius 2 is 2.17 bits per heavy atom. The minimum atomic E-state index is -0.0205. The van der Waals surface area contributed by atoms with Crippen LogP contribution in [0.15, 0.2) is 17.8 Å². The fraction of sp³-hybridized carbons (Fsp3) is 0.733. The minimum absolute atomic E-state index is 0.0144. The summed E-state index contributed by atoms with van der Waals surface area (Å²) in [6, 6.07) is -0.0144. The standard InChI is InChI=1S/C15H25N7O2/c1-2-13-9-14(24-19-13)10-17-15(23)21-6-3-20(4-7-21)5-8-22-12-16-11-18-22/h11-12,14H,2-10H2,1H3,(H,17,23). The number of carbonyl (C=O) groups excluding carboxylic acids is 1. The molecule has 9 heteroatoms. The number of nitrogens with zero attached hydrogens (tertiary/aromatic N) is 6. The highest BCUT2D eigenvalue weighted by Gasteiger charge is 2.24. The van der Waals surface area contributed by atoms with Gasteiger partial charge in [0.05, 0.1) is 18.8 Å². The zero-order chi connectivity index (χ0) is 16.8. The van der Waals surface area contributed by atoms with Gasteiger partial charge < -0.3 is 15.1 Å². The average molecular weight is 335 g/mol. The summed E-state index contributed by atoms with van der Waals surface area (Å²) in [7, 11) is 0. The van der Waals surface area contributed by atoms with Crippen molar-refractivity contribution >= 4 is 11.7 Å². The number of oxime groups is 1. The molecule has 0 aliphatic carbocycles. The van der Waals surface area contributed by atoms with E-state index in [1.807, 2.05) is 9.58 Å². The van der Waals surface area contributed by atoms with E-state index in [1.165, 1.54) is 0 Å². The third kappa shape index (κ3) is 4.44. The van der Waals surface area contributed by atoms with Gasteiger partial charge in [0.15, 0.2) is 0 Å². The number of piperazine rings is 1. The van der Waals surface area contributed by atoms with Gasteiger partial charge in [-0.05, 0) is 6.42 Å². The van der Waals surface area contributed by atoms with Crippen LogP contribution in [0.25, 0.3) is 0 Å². The van der Waals surface area contributed by atoms with Crippen LogP contribution in [-0.2, 0) is 11.4 Å². The summed E-state index contributed by atoms with van der Waals surface area (Å²) < 4.78 is 1.83. The van der Waals surface area contributed by atoms with Gasteiger partial charge in [0.25, 0.3) is 0 Å². The van der Waals surface area contributed by atoms with Gasteiger partial charge in [0.1, 0.15) is 18.8 Å². The molecule has 1 unspecified atom stereocenters. The van der Waals surface area contributed by atoms with E-state index in [4.69, 9.17) is 4.84 Å². The second kappa shape index (κ2) is 8.09. The Morgan fingerprint density at radius 3 is 2.83 bits per heavy atom. The first kappa shape index (κ1) is 16.7. The van der Waals surface area contributed by atoms with Gasteiger partial charge in [-0.2, -0.15) is 5.10 Å². The van der Waals surface area contributed by atoms with E-state index >= 15 is 0 Å². The molecule has 1 saturated heterocycles. The number of urea groups is 1. The minimum Gasteiger partial charge on any atom is -0.390 e. The lowest BCUT2D eigenvalue weighted by Crippen LogP contribution is -2.53. The van der Waals surface area contributed by atoms with Crippen molar-refractivity contribution in [1.82, 2.24) is 29.9 Å². The molecule has 9 nitrogen and oxygen atoms in total. The normalized spacial score (nSPS) is 21.5. The van der Waals surface area contributed by atoms with E-state index in [0.29, 0.717) is 6.54 Å². The van der Waals surface area contributed by atoms with Crippen LogP contribution in [0.2, 0.25) is 0 Å². The number of nitrogens with one attached hydrogen (secondary N) is 1. The van der Waals surface area contributed by atoms with Gasteiger partial charge in [-0.1, -0.05) is 12.1 Å². The van der Waals surface area contributed by atoms with E-state index in [-0.39, 0.29) is 12.1 Å². The molecule has 24 heavy (non-hydrogen) atoms. The van der Waals surface area contributed by atoms with Gasteiger partial charge in [-0.3, -0.25) is 9.58 Å². The van der Waals surface area contributed by atoms with E-state index < -0.39 is 0 Å². The third-order valence-electron chi connectivity index (χ3n) is 4.45. The molecule has 0 radical (unpaired) electrons. The predicted octanol–water partition coefficient (Wildman–Crippen LogP) is 0.160. The molecule has 2 aliphatic rings. The zero-order valence-electron chi connectivity index (χ0n) is 14.1. The molecular weight excluding hydrogens is 310 g/mol. The van der Waals surface area contributed by atoms with Crippen molar-refractivity contribution in [3.63, 3.8) is 0 Å². The molecule has 1 fully saturated rings. The Kier molecular flexibility index (Phi) is 5.63. The molecular formula is C15H25N7O2. The SMILES string of the molecule is CCC1=NOC(CNC(=O)N2CCN(CCn3cncn3)CC2)C1. The lowest BCUT2D eigenvalue weighted by atomic mass is 10.1. The zero-order valence-corrected chi connectivity index (χ0v) is 14.1. The number of hydrogen-bond acceptors (Lipinski definition) is 6. The van der Waals surface area contributed by atoms with Gasteiger partial charge in [0, 0.05) is 39.1 Å². The maximum absolute atomic E-state index is 12.2. The predicted molar refractivity (Wildman–Crippen MR) is 88.6 cm³/mol. The van der Waals surface area contributed by atoms with Crippen LogP contribution >= 0.6 is 0 Å². The molecule has 2 aliphatic heterocycles. The van der Waals surface area contributed by atoms with Crippen LogP contribution in [0, 0.1) is 0 Å². The summed E-state index contributed by atoms with van der Waals surface area (Å²) in [6.45, 7) is 7.56. The van der Waals surface area contributed by atoms with Gasteiger partial charge in [0.2, 0.25) is 0 Å². The van der Waals surface area contributed by atoms with Crippen molar-refractivity contribution in [2.45, 2.75) is 32.4 Å². The summed E-state index contributed by atoms with van der Waals surface area (Å²) in [5.41, 5.74) is 1.07. The Hall–Kier alpha value is -2.16. The Labute approximate surface area is 141 Å². The summed E-state index contributed by atoms with van der Waals surface area (Å²) in [5.74, 6) is 0. The van der Waals surface area contributed by atoms with Crippen LogP contribution < -0.4 is 5.32 Å². The first-order chi connectivity index (χ1) is 11.7. The number of aromatic nitrogens is 3. The Morgan fingerprint density at radius 1 is 1.33 bits per heavy atom. The smallest absolute Gasteiger partial charge is 0.317 e. The summed E-state index contributed by atoms with van der Waals surface area (Å²) in [6.07, 6.45) is 4.97. The Bertz CT molecular complexity index is 552. The molecule has 0 saturated carbocycles. The maximum Gasteiger partial charge on any atom is 0.317 e. The van der Waals surface area contributed by atoms with Crippen LogP contribution in [0.3, 0.4) is 0 Å². The highest BCUT2D eigenvalue weighted by molar-refractivity contribution is 5.85. The molecule has 1 N–H and O–H groups in total. The molecule has 1 atom stereocenters. The van der Waals surface area contributed by atoms with Gasteiger partial charge in [-0.15, -0.1) is 0 Å². The highest BCUT2D eigenvalue weighted by atomic mass is 16.6. The largest absolute Gasteiger partial charge is 0.390 e. The summed E-state index contributed by atoms with van der Waals surface area (Å²) in [4.78, 5) is 25.7. The number of hydrogen-bond donors (Lipinski definition) is 1. The summed E-state index contributed by atoms with van der Waals surface area (Å²) >= 11 is 0. The average Bonchev–Trinajstić information content (AvgIpc) is 3.29. The Balaban J connectivity index is 1.32. The monoisotopic (exact) mass is 335 g/mol. The molecule has 3 rings (SSSR count). The van der Waals surface area contributed by atoms with Crippen molar-refractivity contribution in [2.24, 2.45) is 5.16 Å². The fourth-order valence-corrected chi connectivity index (χ4v) is 2.88.